The first-order valence-electron chi connectivity index (χ1n) is 7.40. The quantitative estimate of drug-likeness (QED) is 0.800. The fourth-order valence-corrected chi connectivity index (χ4v) is 2.84. The molecule has 2 aromatic rings. The van der Waals surface area contributed by atoms with Crippen LogP contribution in [-0.2, 0) is 7.05 Å². The molecule has 0 aromatic carbocycles. The lowest BCUT2D eigenvalue weighted by Gasteiger charge is -2.28. The van der Waals surface area contributed by atoms with Crippen molar-refractivity contribution >= 4 is 29.1 Å². The van der Waals surface area contributed by atoms with Crippen LogP contribution < -0.4 is 16.4 Å². The van der Waals surface area contributed by atoms with Crippen molar-refractivity contribution in [2.45, 2.75) is 37.8 Å². The van der Waals surface area contributed by atoms with Crippen LogP contribution in [-0.4, -0.2) is 31.8 Å². The molecule has 0 bridgehead atoms. The standard InChI is InChI=1S/C14H20ClN7/c1-22-8-11(6-18-22)20-14-17-7-12(15)13(21-14)19-10-4-2-3-9(16)5-10/h6-10H,2-5,16H2,1H3,(H2,17,19,20,21)/t9-,10+/m0/s1. The lowest BCUT2D eigenvalue weighted by Crippen LogP contribution is -2.35. The van der Waals surface area contributed by atoms with Crippen molar-refractivity contribution in [2.75, 3.05) is 10.6 Å². The molecular weight excluding hydrogens is 302 g/mol. The molecule has 4 N–H and O–H groups in total. The molecule has 2 aromatic heterocycles. The molecule has 1 aliphatic rings. The molecule has 8 heteroatoms. The zero-order valence-corrected chi connectivity index (χ0v) is 13.2. The Labute approximate surface area is 134 Å². The summed E-state index contributed by atoms with van der Waals surface area (Å²) in [7, 11) is 1.85. The zero-order valence-electron chi connectivity index (χ0n) is 12.5. The van der Waals surface area contributed by atoms with Crippen LogP contribution in [0.1, 0.15) is 25.7 Å². The average Bonchev–Trinajstić information content (AvgIpc) is 2.88. The van der Waals surface area contributed by atoms with E-state index >= 15 is 0 Å². The van der Waals surface area contributed by atoms with E-state index in [2.05, 4.69) is 25.7 Å². The van der Waals surface area contributed by atoms with E-state index in [9.17, 15) is 0 Å². The Balaban J connectivity index is 1.72. The highest BCUT2D eigenvalue weighted by Gasteiger charge is 2.20. The van der Waals surface area contributed by atoms with Crippen LogP contribution in [0.4, 0.5) is 17.5 Å². The first-order valence-corrected chi connectivity index (χ1v) is 7.78. The monoisotopic (exact) mass is 321 g/mol. The largest absolute Gasteiger partial charge is 0.366 e. The summed E-state index contributed by atoms with van der Waals surface area (Å²) in [5, 5.41) is 11.1. The second-order valence-corrected chi connectivity index (χ2v) is 6.09. The summed E-state index contributed by atoms with van der Waals surface area (Å²) < 4.78 is 1.71. The third kappa shape index (κ3) is 3.66. The van der Waals surface area contributed by atoms with Gasteiger partial charge in [0.15, 0.2) is 5.82 Å². The summed E-state index contributed by atoms with van der Waals surface area (Å²) in [5.74, 6) is 1.13. The normalized spacial score (nSPS) is 21.6. The highest BCUT2D eigenvalue weighted by Crippen LogP contribution is 2.25. The molecule has 0 aliphatic heterocycles. The predicted octanol–water partition coefficient (Wildman–Crippen LogP) is 2.29. The number of hydrogen-bond acceptors (Lipinski definition) is 6. The van der Waals surface area contributed by atoms with Gasteiger partial charge in [-0.2, -0.15) is 10.1 Å². The lowest BCUT2D eigenvalue weighted by atomic mass is 9.92. The average molecular weight is 322 g/mol. The zero-order chi connectivity index (χ0) is 15.5. The summed E-state index contributed by atoms with van der Waals surface area (Å²) in [6.07, 6.45) is 9.39. The third-order valence-corrected chi connectivity index (χ3v) is 4.04. The van der Waals surface area contributed by atoms with Crippen LogP contribution in [0.3, 0.4) is 0 Å². The number of nitrogens with two attached hydrogens (primary N) is 1. The van der Waals surface area contributed by atoms with E-state index in [0.717, 1.165) is 31.4 Å². The molecule has 0 amide bonds. The van der Waals surface area contributed by atoms with Crippen molar-refractivity contribution in [1.82, 2.24) is 19.7 Å². The number of anilines is 3. The Morgan fingerprint density at radius 3 is 2.95 bits per heavy atom. The van der Waals surface area contributed by atoms with Gasteiger partial charge >= 0.3 is 0 Å². The predicted molar refractivity (Wildman–Crippen MR) is 87.4 cm³/mol. The number of aromatic nitrogens is 4. The van der Waals surface area contributed by atoms with Gasteiger partial charge in [-0.25, -0.2) is 4.98 Å². The number of hydrogen-bond donors (Lipinski definition) is 3. The van der Waals surface area contributed by atoms with E-state index in [1.54, 1.807) is 17.1 Å². The molecule has 2 atom stereocenters. The van der Waals surface area contributed by atoms with Crippen molar-refractivity contribution < 1.29 is 0 Å². The first kappa shape index (κ1) is 15.1. The van der Waals surface area contributed by atoms with Crippen molar-refractivity contribution in [2.24, 2.45) is 12.8 Å². The van der Waals surface area contributed by atoms with Gasteiger partial charge in [0.25, 0.3) is 0 Å². The molecule has 0 radical (unpaired) electrons. The Morgan fingerprint density at radius 2 is 2.23 bits per heavy atom. The number of halogens is 1. The molecule has 22 heavy (non-hydrogen) atoms. The summed E-state index contributed by atoms with van der Waals surface area (Å²) in [6, 6.07) is 0.558. The maximum Gasteiger partial charge on any atom is 0.229 e. The molecule has 3 rings (SSSR count). The van der Waals surface area contributed by atoms with Gasteiger partial charge in [0.2, 0.25) is 5.95 Å². The van der Waals surface area contributed by atoms with Gasteiger partial charge in [-0.1, -0.05) is 11.6 Å². The minimum absolute atomic E-state index is 0.250. The van der Waals surface area contributed by atoms with E-state index in [0.29, 0.717) is 22.8 Å². The van der Waals surface area contributed by atoms with E-state index < -0.39 is 0 Å². The molecule has 1 aliphatic carbocycles. The Kier molecular flexibility index (Phi) is 4.44. The van der Waals surface area contributed by atoms with Gasteiger partial charge in [-0.3, -0.25) is 4.68 Å². The second kappa shape index (κ2) is 6.50. The van der Waals surface area contributed by atoms with E-state index in [1.165, 1.54) is 0 Å². The number of nitrogens with zero attached hydrogens (tertiary/aromatic N) is 4. The summed E-state index contributed by atoms with van der Waals surface area (Å²) >= 11 is 6.20. The van der Waals surface area contributed by atoms with Gasteiger partial charge in [0.05, 0.1) is 18.1 Å². The van der Waals surface area contributed by atoms with E-state index in [-0.39, 0.29) is 6.04 Å². The van der Waals surface area contributed by atoms with Gasteiger partial charge < -0.3 is 16.4 Å². The van der Waals surface area contributed by atoms with Crippen LogP contribution in [0, 0.1) is 0 Å². The van der Waals surface area contributed by atoms with Gasteiger partial charge in [-0.05, 0) is 25.7 Å². The van der Waals surface area contributed by atoms with Crippen molar-refractivity contribution in [3.8, 4) is 0 Å². The highest BCUT2D eigenvalue weighted by atomic mass is 35.5. The Morgan fingerprint density at radius 1 is 1.36 bits per heavy atom. The molecule has 2 heterocycles. The van der Waals surface area contributed by atoms with Crippen LogP contribution in [0.15, 0.2) is 18.6 Å². The minimum atomic E-state index is 0.250. The fraction of sp³-hybridized carbons (Fsp3) is 0.500. The Hall–Kier alpha value is -1.86. The van der Waals surface area contributed by atoms with Gasteiger partial charge in [0, 0.05) is 25.3 Å². The molecule has 118 valence electrons. The van der Waals surface area contributed by atoms with E-state index in [4.69, 9.17) is 17.3 Å². The smallest absolute Gasteiger partial charge is 0.229 e. The SMILES string of the molecule is Cn1cc(Nc2ncc(Cl)c(N[C@@H]3CCC[C@H](N)C3)n2)cn1. The topological polar surface area (TPSA) is 93.7 Å². The maximum absolute atomic E-state index is 6.20. The number of rotatable bonds is 4. The molecule has 0 unspecified atom stereocenters. The van der Waals surface area contributed by atoms with Gasteiger partial charge in [-0.15, -0.1) is 0 Å². The second-order valence-electron chi connectivity index (χ2n) is 5.69. The van der Waals surface area contributed by atoms with Crippen LogP contribution in [0.25, 0.3) is 0 Å². The molecule has 0 spiro atoms. The Bertz CT molecular complexity index is 642. The summed E-state index contributed by atoms with van der Waals surface area (Å²) in [5.41, 5.74) is 6.85. The fourth-order valence-electron chi connectivity index (χ4n) is 2.70. The van der Waals surface area contributed by atoms with Crippen LogP contribution in [0.5, 0.6) is 0 Å². The third-order valence-electron chi connectivity index (χ3n) is 3.76. The molecule has 1 fully saturated rings. The molecule has 7 nitrogen and oxygen atoms in total. The molecule has 0 saturated heterocycles. The van der Waals surface area contributed by atoms with Gasteiger partial charge in [0.1, 0.15) is 5.02 Å². The van der Waals surface area contributed by atoms with Crippen LogP contribution >= 0.6 is 11.6 Å². The van der Waals surface area contributed by atoms with Crippen molar-refractivity contribution in [3.63, 3.8) is 0 Å². The number of aryl methyl sites for hydroxylation is 1. The first-order chi connectivity index (χ1) is 10.6. The minimum Gasteiger partial charge on any atom is -0.366 e. The number of nitrogens with one attached hydrogen (secondary N) is 2. The molecular formula is C14H20ClN7. The molecule has 1 saturated carbocycles. The summed E-state index contributed by atoms with van der Waals surface area (Å²) in [6.45, 7) is 0. The highest BCUT2D eigenvalue weighted by molar-refractivity contribution is 6.32. The van der Waals surface area contributed by atoms with Crippen molar-refractivity contribution in [3.05, 3.63) is 23.6 Å². The van der Waals surface area contributed by atoms with E-state index in [1.807, 2.05) is 13.2 Å². The van der Waals surface area contributed by atoms with Crippen molar-refractivity contribution in [1.29, 1.82) is 0 Å². The van der Waals surface area contributed by atoms with Crippen LogP contribution in [0.2, 0.25) is 5.02 Å². The summed E-state index contributed by atoms with van der Waals surface area (Å²) in [4.78, 5) is 8.65. The maximum atomic E-state index is 6.20. The lowest BCUT2D eigenvalue weighted by molar-refractivity contribution is 0.409.